The predicted molar refractivity (Wildman–Crippen MR) is 152 cm³/mol. The Labute approximate surface area is 236 Å². The Bertz CT molecular complexity index is 725. The molecule has 5 heteroatoms. The van der Waals surface area contributed by atoms with Crippen molar-refractivity contribution >= 4 is 0 Å². The molecule has 4 rings (SSSR count). The molecule has 37 heavy (non-hydrogen) atoms. The van der Waals surface area contributed by atoms with Gasteiger partial charge in [-0.2, -0.15) is 0 Å². The normalized spacial score (nSPS) is 18.4. The van der Waals surface area contributed by atoms with Crippen LogP contribution in [0.15, 0.2) is 48.5 Å². The second-order valence-electron chi connectivity index (χ2n) is 10.6. The number of phenols is 2. The minimum absolute atomic E-state index is 0. The van der Waals surface area contributed by atoms with Gasteiger partial charge in [0.1, 0.15) is 11.5 Å². The molecule has 1 radical (unpaired) electrons. The van der Waals surface area contributed by atoms with E-state index in [9.17, 15) is 10.2 Å². The number of para-hydroxylation sites is 2. The van der Waals surface area contributed by atoms with Crippen molar-refractivity contribution in [2.24, 2.45) is 0 Å². The molecular formula is C32H52CoO4. The standard InChI is InChI=1S/2C16H24O.Co.2H2O/c2*17-16-13-9-8-12-15(16)14-10-6-4-2-1-3-5-7-11-14;;;/h2*8-9,12-14,17H,1-7,10-11H2;;2*1H2. The summed E-state index contributed by atoms with van der Waals surface area (Å²) in [5.74, 6) is 2.15. The number of hydrogen-bond donors (Lipinski definition) is 2. The van der Waals surface area contributed by atoms with Gasteiger partial charge in [0, 0.05) is 16.8 Å². The van der Waals surface area contributed by atoms with E-state index in [4.69, 9.17) is 0 Å². The average molecular weight is 560 g/mol. The summed E-state index contributed by atoms with van der Waals surface area (Å²) in [6.45, 7) is 0. The minimum atomic E-state index is 0. The largest absolute Gasteiger partial charge is 0.508 e. The molecule has 2 aliphatic carbocycles. The number of rotatable bonds is 2. The van der Waals surface area contributed by atoms with E-state index in [1.165, 1.54) is 127 Å². The van der Waals surface area contributed by atoms with E-state index in [0.29, 0.717) is 23.3 Å². The van der Waals surface area contributed by atoms with Crippen LogP contribution >= 0.6 is 0 Å². The van der Waals surface area contributed by atoms with Gasteiger partial charge in [0.15, 0.2) is 0 Å². The average Bonchev–Trinajstić information content (AvgIpc) is 2.87. The van der Waals surface area contributed by atoms with E-state index in [1.807, 2.05) is 36.4 Å². The van der Waals surface area contributed by atoms with Crippen LogP contribution in [-0.2, 0) is 16.8 Å². The molecule has 0 unspecified atom stereocenters. The van der Waals surface area contributed by atoms with Crippen LogP contribution in [-0.4, -0.2) is 21.2 Å². The van der Waals surface area contributed by atoms with Gasteiger partial charge < -0.3 is 21.2 Å². The molecule has 2 aliphatic rings. The molecule has 0 heterocycles. The molecule has 0 bridgehead atoms. The van der Waals surface area contributed by atoms with Crippen molar-refractivity contribution in [2.45, 2.75) is 127 Å². The molecule has 213 valence electrons. The van der Waals surface area contributed by atoms with E-state index in [0.717, 1.165) is 0 Å². The van der Waals surface area contributed by atoms with Crippen molar-refractivity contribution in [1.29, 1.82) is 0 Å². The molecule has 0 spiro atoms. The first-order valence-electron chi connectivity index (χ1n) is 14.3. The summed E-state index contributed by atoms with van der Waals surface area (Å²) in [6, 6.07) is 15.8. The Morgan fingerprint density at radius 3 is 0.919 bits per heavy atom. The van der Waals surface area contributed by atoms with E-state index < -0.39 is 0 Å². The van der Waals surface area contributed by atoms with Gasteiger partial charge in [0.2, 0.25) is 0 Å². The Morgan fingerprint density at radius 1 is 0.405 bits per heavy atom. The van der Waals surface area contributed by atoms with Gasteiger partial charge >= 0.3 is 0 Å². The van der Waals surface area contributed by atoms with E-state index in [1.54, 1.807) is 0 Å². The first kappa shape index (κ1) is 35.5. The second kappa shape index (κ2) is 21.4. The molecule has 2 aromatic rings. The van der Waals surface area contributed by atoms with Crippen LogP contribution in [0, 0.1) is 0 Å². The van der Waals surface area contributed by atoms with E-state index in [2.05, 4.69) is 12.1 Å². The fourth-order valence-electron chi connectivity index (χ4n) is 5.91. The van der Waals surface area contributed by atoms with Crippen LogP contribution in [0.3, 0.4) is 0 Å². The zero-order valence-electron chi connectivity index (χ0n) is 22.7. The Morgan fingerprint density at radius 2 is 0.649 bits per heavy atom. The van der Waals surface area contributed by atoms with Crippen molar-refractivity contribution < 1.29 is 37.9 Å². The summed E-state index contributed by atoms with van der Waals surface area (Å²) in [4.78, 5) is 0. The summed E-state index contributed by atoms with van der Waals surface area (Å²) in [5.41, 5.74) is 2.35. The molecule has 4 nitrogen and oxygen atoms in total. The molecule has 2 fully saturated rings. The maximum Gasteiger partial charge on any atom is 0.119 e. The molecule has 2 aromatic carbocycles. The van der Waals surface area contributed by atoms with Crippen molar-refractivity contribution in [3.8, 4) is 11.5 Å². The fraction of sp³-hybridized carbons (Fsp3) is 0.625. The molecule has 0 amide bonds. The predicted octanol–water partition coefficient (Wildman–Crippen LogP) is 8.35. The van der Waals surface area contributed by atoms with Gasteiger partial charge in [0.25, 0.3) is 0 Å². The van der Waals surface area contributed by atoms with Crippen LogP contribution in [0.2, 0.25) is 0 Å². The maximum absolute atomic E-state index is 9.95. The number of benzene rings is 2. The fourth-order valence-corrected chi connectivity index (χ4v) is 5.91. The first-order chi connectivity index (χ1) is 16.8. The number of aromatic hydroxyl groups is 2. The minimum Gasteiger partial charge on any atom is -0.508 e. The third-order valence-electron chi connectivity index (χ3n) is 7.96. The zero-order chi connectivity index (χ0) is 23.8. The third-order valence-corrected chi connectivity index (χ3v) is 7.96. The second-order valence-corrected chi connectivity index (χ2v) is 10.6. The van der Waals surface area contributed by atoms with Crippen molar-refractivity contribution in [1.82, 2.24) is 0 Å². The van der Waals surface area contributed by atoms with Crippen molar-refractivity contribution in [3.05, 3.63) is 59.7 Å². The summed E-state index contributed by atoms with van der Waals surface area (Å²) < 4.78 is 0. The quantitative estimate of drug-likeness (QED) is 0.386. The summed E-state index contributed by atoms with van der Waals surface area (Å²) in [6.07, 6.45) is 24.1. The van der Waals surface area contributed by atoms with Crippen molar-refractivity contribution in [3.63, 3.8) is 0 Å². The topological polar surface area (TPSA) is 103 Å². The summed E-state index contributed by atoms with van der Waals surface area (Å²) in [5, 5.41) is 19.9. The maximum atomic E-state index is 9.95. The molecular weight excluding hydrogens is 507 g/mol. The summed E-state index contributed by atoms with van der Waals surface area (Å²) in [7, 11) is 0. The Hall–Kier alpha value is -1.53. The van der Waals surface area contributed by atoms with Gasteiger partial charge in [-0.1, -0.05) is 126 Å². The molecule has 0 aliphatic heterocycles. The van der Waals surface area contributed by atoms with Crippen LogP contribution in [0.1, 0.15) is 139 Å². The van der Waals surface area contributed by atoms with Gasteiger partial charge in [-0.3, -0.25) is 0 Å². The van der Waals surface area contributed by atoms with Gasteiger partial charge in [-0.15, -0.1) is 0 Å². The van der Waals surface area contributed by atoms with E-state index >= 15 is 0 Å². The molecule has 0 atom stereocenters. The van der Waals surface area contributed by atoms with Crippen LogP contribution in [0.5, 0.6) is 11.5 Å². The van der Waals surface area contributed by atoms with Gasteiger partial charge in [-0.25, -0.2) is 0 Å². The molecule has 6 N–H and O–H groups in total. The zero-order valence-corrected chi connectivity index (χ0v) is 23.8. The Kier molecular flexibility index (Phi) is 20.5. The molecule has 0 aromatic heterocycles. The van der Waals surface area contributed by atoms with Crippen molar-refractivity contribution in [2.75, 3.05) is 0 Å². The van der Waals surface area contributed by atoms with Gasteiger partial charge in [0.05, 0.1) is 0 Å². The number of phenolic OH excluding ortho intramolecular Hbond substituents is 2. The smallest absolute Gasteiger partial charge is 0.119 e. The SMILES string of the molecule is O.O.Oc1ccccc1C1CCCCCCCCC1.Oc1ccccc1C1CCCCCCCCC1.[Co]. The van der Waals surface area contributed by atoms with Gasteiger partial charge in [-0.05, 0) is 60.8 Å². The van der Waals surface area contributed by atoms with Crippen LogP contribution in [0.4, 0.5) is 0 Å². The van der Waals surface area contributed by atoms with E-state index in [-0.39, 0.29) is 27.7 Å². The first-order valence-corrected chi connectivity index (χ1v) is 14.3. The van der Waals surface area contributed by atoms with Crippen LogP contribution in [0.25, 0.3) is 0 Å². The molecule has 0 saturated heterocycles. The van der Waals surface area contributed by atoms with Crippen LogP contribution < -0.4 is 0 Å². The monoisotopic (exact) mass is 559 g/mol. The Balaban J connectivity index is 0.000000648. The number of hydrogen-bond acceptors (Lipinski definition) is 2. The summed E-state index contributed by atoms with van der Waals surface area (Å²) >= 11 is 0. The molecule has 2 saturated carbocycles. The third kappa shape index (κ3) is 13.2.